The third-order valence-electron chi connectivity index (χ3n) is 3.22. The first-order valence-corrected chi connectivity index (χ1v) is 7.25. The number of thiophene rings is 1. The zero-order valence-electron chi connectivity index (χ0n) is 11.5. The van der Waals surface area contributed by atoms with Crippen molar-refractivity contribution in [1.29, 1.82) is 0 Å². The molecule has 0 spiro atoms. The van der Waals surface area contributed by atoms with E-state index in [0.717, 1.165) is 34.1 Å². The normalized spacial score (nSPS) is 11.0. The van der Waals surface area contributed by atoms with Crippen molar-refractivity contribution in [2.45, 2.75) is 6.54 Å². The van der Waals surface area contributed by atoms with E-state index in [9.17, 15) is 23.2 Å². The summed E-state index contributed by atoms with van der Waals surface area (Å²) >= 11 is 1.02. The number of hydrogen-bond acceptors (Lipinski definition) is 4. The molecule has 9 heteroatoms. The van der Waals surface area contributed by atoms with Gasteiger partial charge in [-0.25, -0.2) is 18.1 Å². The van der Waals surface area contributed by atoms with E-state index in [2.05, 4.69) is 0 Å². The summed E-state index contributed by atoms with van der Waals surface area (Å²) in [7, 11) is 0. The standard InChI is InChI=1S/C14H9F2N3O3S/c15-7-1-2-8(16)10(5-7)19-13(21)12-9(3-4-23-12)18(14(19)22)6-11(17)20/h1-5H,6H2,(H2,17,20). The average Bonchev–Trinajstić information content (AvgIpc) is 2.96. The zero-order chi connectivity index (χ0) is 16.7. The highest BCUT2D eigenvalue weighted by molar-refractivity contribution is 7.17. The van der Waals surface area contributed by atoms with E-state index >= 15 is 0 Å². The molecule has 1 aromatic carbocycles. The summed E-state index contributed by atoms with van der Waals surface area (Å²) in [6.45, 7) is -0.483. The molecule has 0 aliphatic rings. The monoisotopic (exact) mass is 337 g/mol. The number of carbonyl (C=O) groups is 1. The van der Waals surface area contributed by atoms with Crippen LogP contribution in [-0.4, -0.2) is 15.0 Å². The molecule has 3 aromatic rings. The lowest BCUT2D eigenvalue weighted by Gasteiger charge is -2.11. The van der Waals surface area contributed by atoms with Crippen LogP contribution in [0.25, 0.3) is 15.9 Å². The van der Waals surface area contributed by atoms with E-state index in [4.69, 9.17) is 5.73 Å². The van der Waals surface area contributed by atoms with Crippen LogP contribution in [0.4, 0.5) is 8.78 Å². The number of fused-ring (bicyclic) bond motifs is 1. The molecule has 0 fully saturated rings. The third kappa shape index (κ3) is 2.44. The number of carbonyl (C=O) groups excluding carboxylic acids is 1. The quantitative estimate of drug-likeness (QED) is 0.773. The Bertz CT molecular complexity index is 1050. The summed E-state index contributed by atoms with van der Waals surface area (Å²) in [5, 5.41) is 1.55. The first-order valence-electron chi connectivity index (χ1n) is 6.37. The minimum Gasteiger partial charge on any atom is -0.368 e. The van der Waals surface area contributed by atoms with Crippen molar-refractivity contribution >= 4 is 27.5 Å². The van der Waals surface area contributed by atoms with Gasteiger partial charge >= 0.3 is 5.69 Å². The summed E-state index contributed by atoms with van der Waals surface area (Å²) in [6, 6.07) is 3.91. The van der Waals surface area contributed by atoms with Gasteiger partial charge < -0.3 is 5.73 Å². The summed E-state index contributed by atoms with van der Waals surface area (Å²) in [6.07, 6.45) is 0. The molecular weight excluding hydrogens is 328 g/mol. The van der Waals surface area contributed by atoms with Gasteiger partial charge in [0.05, 0.1) is 11.2 Å². The summed E-state index contributed by atoms with van der Waals surface area (Å²) in [5.74, 6) is -2.54. The predicted octanol–water partition coefficient (Wildman–Crippen LogP) is 0.977. The fourth-order valence-corrected chi connectivity index (χ4v) is 3.09. The number of hydrogen-bond donors (Lipinski definition) is 1. The Morgan fingerprint density at radius 3 is 2.65 bits per heavy atom. The molecule has 0 bridgehead atoms. The summed E-state index contributed by atoms with van der Waals surface area (Å²) < 4.78 is 29.0. The molecule has 2 N–H and O–H groups in total. The highest BCUT2D eigenvalue weighted by Crippen LogP contribution is 2.18. The fourth-order valence-electron chi connectivity index (χ4n) is 2.27. The van der Waals surface area contributed by atoms with E-state index in [1.54, 1.807) is 5.38 Å². The molecule has 2 heterocycles. The van der Waals surface area contributed by atoms with E-state index in [1.165, 1.54) is 6.07 Å². The minimum absolute atomic E-state index is 0.134. The molecule has 0 aliphatic heterocycles. The van der Waals surface area contributed by atoms with Crippen molar-refractivity contribution in [3.8, 4) is 5.69 Å². The van der Waals surface area contributed by atoms with Gasteiger partial charge in [0.15, 0.2) is 0 Å². The fraction of sp³-hybridized carbons (Fsp3) is 0.0714. The molecular formula is C14H9F2N3O3S. The Morgan fingerprint density at radius 1 is 1.22 bits per heavy atom. The van der Waals surface area contributed by atoms with Crippen LogP contribution in [0.1, 0.15) is 0 Å². The van der Waals surface area contributed by atoms with Gasteiger partial charge in [-0.3, -0.25) is 14.2 Å². The predicted molar refractivity (Wildman–Crippen MR) is 80.8 cm³/mol. The molecule has 0 radical (unpaired) electrons. The number of primary amides is 1. The first-order chi connectivity index (χ1) is 10.9. The van der Waals surface area contributed by atoms with Crippen LogP contribution in [0.2, 0.25) is 0 Å². The number of aromatic nitrogens is 2. The lowest BCUT2D eigenvalue weighted by atomic mass is 10.3. The van der Waals surface area contributed by atoms with Crippen molar-refractivity contribution in [2.75, 3.05) is 0 Å². The maximum Gasteiger partial charge on any atom is 0.336 e. The highest BCUT2D eigenvalue weighted by atomic mass is 32.1. The van der Waals surface area contributed by atoms with E-state index < -0.39 is 41.0 Å². The molecule has 0 atom stereocenters. The Kier molecular flexibility index (Phi) is 3.57. The van der Waals surface area contributed by atoms with Crippen molar-refractivity contribution < 1.29 is 13.6 Å². The molecule has 1 amide bonds. The molecule has 118 valence electrons. The van der Waals surface area contributed by atoms with Gasteiger partial charge in [-0.05, 0) is 23.6 Å². The van der Waals surface area contributed by atoms with Crippen LogP contribution in [0.15, 0.2) is 39.2 Å². The molecule has 2 aromatic heterocycles. The Labute approximate surface area is 131 Å². The topological polar surface area (TPSA) is 87.1 Å². The van der Waals surface area contributed by atoms with Crippen molar-refractivity contribution in [2.24, 2.45) is 5.73 Å². The van der Waals surface area contributed by atoms with Gasteiger partial charge in [-0.2, -0.15) is 0 Å². The lowest BCUT2D eigenvalue weighted by molar-refractivity contribution is -0.118. The van der Waals surface area contributed by atoms with Crippen LogP contribution in [-0.2, 0) is 11.3 Å². The number of nitrogens with two attached hydrogens (primary N) is 1. The van der Waals surface area contributed by atoms with Gasteiger partial charge in [-0.1, -0.05) is 0 Å². The number of rotatable bonds is 3. The van der Waals surface area contributed by atoms with Crippen molar-refractivity contribution in [3.63, 3.8) is 0 Å². The largest absolute Gasteiger partial charge is 0.368 e. The van der Waals surface area contributed by atoms with Gasteiger partial charge in [0.25, 0.3) is 5.56 Å². The van der Waals surface area contributed by atoms with Crippen LogP contribution < -0.4 is 17.0 Å². The SMILES string of the molecule is NC(=O)Cn1c(=O)n(-c2cc(F)ccc2F)c(=O)c2sccc21. The van der Waals surface area contributed by atoms with Gasteiger partial charge in [-0.15, -0.1) is 11.3 Å². The maximum absolute atomic E-state index is 14.0. The Morgan fingerprint density at radius 2 is 1.96 bits per heavy atom. The highest BCUT2D eigenvalue weighted by Gasteiger charge is 2.19. The molecule has 0 saturated heterocycles. The lowest BCUT2D eigenvalue weighted by Crippen LogP contribution is -2.41. The number of nitrogens with zero attached hydrogens (tertiary/aromatic N) is 2. The van der Waals surface area contributed by atoms with Crippen LogP contribution >= 0.6 is 11.3 Å². The third-order valence-corrected chi connectivity index (χ3v) is 4.11. The minimum atomic E-state index is -0.968. The van der Waals surface area contributed by atoms with Gasteiger partial charge in [0.2, 0.25) is 5.91 Å². The van der Waals surface area contributed by atoms with E-state index in [1.807, 2.05) is 0 Å². The Balaban J connectivity index is 2.46. The molecule has 0 unspecified atom stereocenters. The van der Waals surface area contributed by atoms with Gasteiger partial charge in [0.1, 0.15) is 22.9 Å². The first kappa shape index (κ1) is 15.1. The number of amides is 1. The van der Waals surface area contributed by atoms with Crippen molar-refractivity contribution in [1.82, 2.24) is 9.13 Å². The molecule has 0 saturated carbocycles. The summed E-state index contributed by atoms with van der Waals surface area (Å²) in [4.78, 5) is 36.2. The van der Waals surface area contributed by atoms with Crippen LogP contribution in [0.3, 0.4) is 0 Å². The number of benzene rings is 1. The van der Waals surface area contributed by atoms with Crippen molar-refractivity contribution in [3.05, 3.63) is 62.1 Å². The molecule has 3 rings (SSSR count). The zero-order valence-corrected chi connectivity index (χ0v) is 12.3. The Hall–Kier alpha value is -2.81. The second-order valence-corrected chi connectivity index (χ2v) is 5.62. The maximum atomic E-state index is 14.0. The molecule has 23 heavy (non-hydrogen) atoms. The van der Waals surface area contributed by atoms with Crippen LogP contribution in [0.5, 0.6) is 0 Å². The van der Waals surface area contributed by atoms with E-state index in [0.29, 0.717) is 4.57 Å². The second kappa shape index (κ2) is 5.43. The van der Waals surface area contributed by atoms with E-state index in [-0.39, 0.29) is 10.2 Å². The van der Waals surface area contributed by atoms with Crippen LogP contribution in [0, 0.1) is 11.6 Å². The molecule has 0 aliphatic carbocycles. The second-order valence-electron chi connectivity index (χ2n) is 4.71. The average molecular weight is 337 g/mol. The smallest absolute Gasteiger partial charge is 0.336 e. The number of halogens is 2. The van der Waals surface area contributed by atoms with Gasteiger partial charge in [0, 0.05) is 6.07 Å². The molecule has 6 nitrogen and oxygen atoms in total. The summed E-state index contributed by atoms with van der Waals surface area (Å²) in [5.41, 5.74) is 3.06.